The summed E-state index contributed by atoms with van der Waals surface area (Å²) >= 11 is 6.54. The molecule has 2 rings (SSSR count). The van der Waals surface area contributed by atoms with Crippen LogP contribution in [0.3, 0.4) is 0 Å². The topological polar surface area (TPSA) is 29.1 Å². The summed E-state index contributed by atoms with van der Waals surface area (Å²) < 4.78 is 14.0. The van der Waals surface area contributed by atoms with Gasteiger partial charge in [-0.05, 0) is 40.9 Å². The zero-order valence-corrected chi connectivity index (χ0v) is 11.6. The lowest BCUT2D eigenvalue weighted by molar-refractivity contribution is 0.0931. The number of halogens is 3. The number of carbonyl (C=O) groups is 1. The summed E-state index contributed by atoms with van der Waals surface area (Å²) in [4.78, 5) is 11.9. The van der Waals surface area contributed by atoms with Crippen LogP contribution in [0, 0.1) is 5.82 Å². The van der Waals surface area contributed by atoms with Crippen molar-refractivity contribution in [3.05, 3.63) is 34.1 Å². The molecule has 1 aliphatic carbocycles. The van der Waals surface area contributed by atoms with Gasteiger partial charge in [-0.25, -0.2) is 4.39 Å². The van der Waals surface area contributed by atoms with Crippen LogP contribution in [0.15, 0.2) is 22.7 Å². The van der Waals surface area contributed by atoms with Gasteiger partial charge in [0.25, 0.3) is 5.91 Å². The number of amides is 1. The van der Waals surface area contributed by atoms with Crippen LogP contribution in [0.2, 0.25) is 0 Å². The van der Waals surface area contributed by atoms with E-state index in [1.165, 1.54) is 6.07 Å². The average Bonchev–Trinajstić information content (AvgIpc) is 2.98. The molecule has 0 saturated heterocycles. The van der Waals surface area contributed by atoms with Crippen molar-refractivity contribution in [2.75, 3.05) is 5.33 Å². The highest BCUT2D eigenvalue weighted by Crippen LogP contribution is 2.37. The van der Waals surface area contributed by atoms with Gasteiger partial charge in [0, 0.05) is 9.80 Å². The first-order valence-electron chi connectivity index (χ1n) is 4.90. The Hall–Kier alpha value is -0.420. The van der Waals surface area contributed by atoms with Crippen molar-refractivity contribution in [3.8, 4) is 0 Å². The molecule has 1 saturated carbocycles. The predicted octanol–water partition coefficient (Wildman–Crippen LogP) is 3.25. The summed E-state index contributed by atoms with van der Waals surface area (Å²) in [6.07, 6.45) is 1.88. The predicted molar refractivity (Wildman–Crippen MR) is 67.3 cm³/mol. The number of hydrogen-bond acceptors (Lipinski definition) is 1. The maximum absolute atomic E-state index is 13.5. The molecule has 0 radical (unpaired) electrons. The fourth-order valence-corrected chi connectivity index (χ4v) is 2.68. The van der Waals surface area contributed by atoms with E-state index in [4.69, 9.17) is 0 Å². The van der Waals surface area contributed by atoms with Crippen LogP contribution in [0.5, 0.6) is 0 Å². The number of hydrogen-bond donors (Lipinski definition) is 1. The largest absolute Gasteiger partial charge is 0.346 e. The third-order valence-corrected chi connectivity index (χ3v) is 4.41. The molecule has 0 aromatic heterocycles. The fourth-order valence-electron chi connectivity index (χ4n) is 1.46. The van der Waals surface area contributed by atoms with E-state index >= 15 is 0 Å². The van der Waals surface area contributed by atoms with Gasteiger partial charge in [0.1, 0.15) is 5.82 Å². The highest BCUT2D eigenvalue weighted by atomic mass is 79.9. The highest BCUT2D eigenvalue weighted by Gasteiger charge is 2.43. The van der Waals surface area contributed by atoms with Crippen LogP contribution in [-0.2, 0) is 0 Å². The molecule has 0 heterocycles. The van der Waals surface area contributed by atoms with E-state index in [9.17, 15) is 9.18 Å². The van der Waals surface area contributed by atoms with Crippen molar-refractivity contribution in [3.63, 3.8) is 0 Å². The molecule has 1 N–H and O–H groups in total. The Morgan fingerprint density at radius 1 is 1.50 bits per heavy atom. The maximum Gasteiger partial charge on any atom is 0.255 e. The first kappa shape index (κ1) is 12.0. The Kier molecular flexibility index (Phi) is 3.35. The van der Waals surface area contributed by atoms with Gasteiger partial charge in [-0.15, -0.1) is 0 Å². The fraction of sp³-hybridized carbons (Fsp3) is 0.364. The molecule has 0 spiro atoms. The minimum atomic E-state index is -0.503. The minimum absolute atomic E-state index is 0.0784. The molecule has 86 valence electrons. The van der Waals surface area contributed by atoms with Crippen molar-refractivity contribution < 1.29 is 9.18 Å². The second kappa shape index (κ2) is 4.45. The average molecular weight is 351 g/mol. The van der Waals surface area contributed by atoms with E-state index in [1.54, 1.807) is 12.1 Å². The van der Waals surface area contributed by atoms with Crippen LogP contribution >= 0.6 is 31.9 Å². The van der Waals surface area contributed by atoms with Gasteiger partial charge in [-0.1, -0.05) is 22.0 Å². The quantitative estimate of drug-likeness (QED) is 0.833. The molecule has 16 heavy (non-hydrogen) atoms. The zero-order valence-electron chi connectivity index (χ0n) is 8.40. The monoisotopic (exact) mass is 349 g/mol. The third-order valence-electron chi connectivity index (χ3n) is 2.68. The molecule has 1 aliphatic rings. The Morgan fingerprint density at radius 3 is 2.69 bits per heavy atom. The summed E-state index contributed by atoms with van der Waals surface area (Å²) in [6.45, 7) is 0. The van der Waals surface area contributed by atoms with Crippen LogP contribution in [0.4, 0.5) is 4.39 Å². The van der Waals surface area contributed by atoms with Crippen molar-refractivity contribution in [1.29, 1.82) is 0 Å². The van der Waals surface area contributed by atoms with Crippen molar-refractivity contribution in [2.24, 2.45) is 0 Å². The van der Waals surface area contributed by atoms with E-state index in [1.807, 2.05) is 0 Å². The third kappa shape index (κ3) is 2.30. The van der Waals surface area contributed by atoms with Gasteiger partial charge >= 0.3 is 0 Å². The molecule has 1 amide bonds. The van der Waals surface area contributed by atoms with E-state index in [2.05, 4.69) is 37.2 Å². The standard InChI is InChI=1S/C11H10Br2FNO/c12-6-11(4-5-11)15-10(16)9-7(13)2-1-3-8(9)14/h1-3H,4-6H2,(H,15,16). The highest BCUT2D eigenvalue weighted by molar-refractivity contribution is 9.10. The Balaban J connectivity index is 2.21. The van der Waals surface area contributed by atoms with Crippen LogP contribution in [0.25, 0.3) is 0 Å². The Morgan fingerprint density at radius 2 is 2.19 bits per heavy atom. The van der Waals surface area contributed by atoms with Gasteiger partial charge in [-0.3, -0.25) is 4.79 Å². The van der Waals surface area contributed by atoms with Gasteiger partial charge in [0.2, 0.25) is 0 Å². The molecule has 1 aromatic carbocycles. The van der Waals surface area contributed by atoms with E-state index in [0.29, 0.717) is 9.80 Å². The van der Waals surface area contributed by atoms with Gasteiger partial charge in [-0.2, -0.15) is 0 Å². The number of rotatable bonds is 3. The summed E-state index contributed by atoms with van der Waals surface area (Å²) in [5.74, 6) is -0.862. The summed E-state index contributed by atoms with van der Waals surface area (Å²) in [5.41, 5.74) is -0.0894. The number of nitrogens with one attached hydrogen (secondary N) is 1. The number of carbonyl (C=O) groups excluding carboxylic acids is 1. The lowest BCUT2D eigenvalue weighted by Crippen LogP contribution is -2.38. The van der Waals surface area contributed by atoms with Crippen molar-refractivity contribution in [2.45, 2.75) is 18.4 Å². The molecule has 0 atom stereocenters. The lowest BCUT2D eigenvalue weighted by atomic mass is 10.2. The summed E-state index contributed by atoms with van der Waals surface area (Å²) in [6, 6.07) is 4.51. The summed E-state index contributed by atoms with van der Waals surface area (Å²) in [7, 11) is 0. The normalized spacial score (nSPS) is 16.9. The first-order chi connectivity index (χ1) is 7.58. The van der Waals surface area contributed by atoms with Crippen LogP contribution in [0.1, 0.15) is 23.2 Å². The molecule has 2 nitrogen and oxygen atoms in total. The van der Waals surface area contributed by atoms with Gasteiger partial charge in [0.15, 0.2) is 0 Å². The molecular weight excluding hydrogens is 341 g/mol. The van der Waals surface area contributed by atoms with Crippen molar-refractivity contribution >= 4 is 37.8 Å². The van der Waals surface area contributed by atoms with E-state index in [-0.39, 0.29) is 17.0 Å². The Bertz CT molecular complexity index is 412. The molecule has 5 heteroatoms. The molecule has 0 aliphatic heterocycles. The SMILES string of the molecule is O=C(NC1(CBr)CC1)c1c(F)cccc1Br. The van der Waals surface area contributed by atoms with E-state index < -0.39 is 5.82 Å². The molecule has 0 bridgehead atoms. The second-order valence-corrected chi connectivity index (χ2v) is 5.38. The smallest absolute Gasteiger partial charge is 0.255 e. The molecular formula is C11H10Br2FNO. The second-order valence-electron chi connectivity index (χ2n) is 3.96. The Labute approximate surface area is 110 Å². The first-order valence-corrected chi connectivity index (χ1v) is 6.82. The van der Waals surface area contributed by atoms with Crippen LogP contribution < -0.4 is 5.32 Å². The minimum Gasteiger partial charge on any atom is -0.346 e. The maximum atomic E-state index is 13.5. The zero-order chi connectivity index (χ0) is 11.8. The van der Waals surface area contributed by atoms with Crippen molar-refractivity contribution in [1.82, 2.24) is 5.32 Å². The lowest BCUT2D eigenvalue weighted by Gasteiger charge is -2.15. The van der Waals surface area contributed by atoms with Gasteiger partial charge < -0.3 is 5.32 Å². The molecule has 0 unspecified atom stereocenters. The molecule has 1 fully saturated rings. The van der Waals surface area contributed by atoms with E-state index in [0.717, 1.165) is 12.8 Å². The summed E-state index contributed by atoms with van der Waals surface area (Å²) in [5, 5.41) is 3.57. The van der Waals surface area contributed by atoms with Crippen LogP contribution in [-0.4, -0.2) is 16.8 Å². The number of alkyl halides is 1. The number of benzene rings is 1. The van der Waals surface area contributed by atoms with Gasteiger partial charge in [0.05, 0.1) is 11.1 Å². The molecule has 1 aromatic rings.